The molecule has 3 rings (SSSR count). The van der Waals surface area contributed by atoms with Crippen molar-refractivity contribution in [2.45, 2.75) is 25.7 Å². The van der Waals surface area contributed by atoms with Gasteiger partial charge in [0.05, 0.1) is 12.2 Å². The highest BCUT2D eigenvalue weighted by molar-refractivity contribution is 6.31. The van der Waals surface area contributed by atoms with E-state index in [4.69, 9.17) is 17.3 Å². The van der Waals surface area contributed by atoms with Crippen LogP contribution < -0.4 is 11.1 Å². The lowest BCUT2D eigenvalue weighted by molar-refractivity contribution is -0.121. The molecule has 1 amide bonds. The largest absolute Gasteiger partial charge is 0.325 e. The van der Waals surface area contributed by atoms with Crippen molar-refractivity contribution in [2.75, 3.05) is 11.9 Å². The van der Waals surface area contributed by atoms with Gasteiger partial charge in [-0.3, -0.25) is 4.79 Å². The number of fused-ring (bicyclic) bond motifs is 2. The number of carbonyl (C=O) groups excluding carboxylic acids is 1. The average molecular weight is 303 g/mol. The van der Waals surface area contributed by atoms with Crippen LogP contribution in [0.4, 0.5) is 5.69 Å². The molecule has 1 aromatic carbocycles. The fraction of sp³-hybridized carbons (Fsp3) is 0.471. The first-order valence-electron chi connectivity index (χ1n) is 7.46. The number of anilines is 1. The molecule has 2 aliphatic rings. The van der Waals surface area contributed by atoms with E-state index in [0.717, 1.165) is 17.9 Å². The number of nitrogens with two attached hydrogens (primary N) is 1. The highest BCUT2D eigenvalue weighted by Gasteiger charge is 2.43. The normalized spacial score (nSPS) is 26.3. The third kappa shape index (κ3) is 3.07. The van der Waals surface area contributed by atoms with E-state index < -0.39 is 0 Å². The molecule has 2 saturated carbocycles. The van der Waals surface area contributed by atoms with Gasteiger partial charge in [0.2, 0.25) is 5.91 Å². The van der Waals surface area contributed by atoms with E-state index in [9.17, 15) is 4.79 Å². The van der Waals surface area contributed by atoms with Crippen LogP contribution in [0.15, 0.2) is 18.2 Å². The number of hydrogen-bond acceptors (Lipinski definition) is 2. The first-order chi connectivity index (χ1) is 10.2. The van der Waals surface area contributed by atoms with Crippen molar-refractivity contribution in [1.82, 2.24) is 0 Å². The van der Waals surface area contributed by atoms with Gasteiger partial charge in [-0.1, -0.05) is 29.9 Å². The van der Waals surface area contributed by atoms with Gasteiger partial charge < -0.3 is 11.1 Å². The molecule has 0 aliphatic heterocycles. The van der Waals surface area contributed by atoms with Crippen molar-refractivity contribution in [3.05, 3.63) is 28.8 Å². The lowest BCUT2D eigenvalue weighted by atomic mass is 9.88. The number of amides is 1. The monoisotopic (exact) mass is 302 g/mol. The smallest absolute Gasteiger partial charge is 0.227 e. The molecule has 0 saturated heterocycles. The standard InChI is InChI=1S/C17H19ClN2O/c18-14-6-5-12(2-1-7-19)16(10-14)20-17(21)15-9-11-3-4-13(15)8-11/h5-6,10-11,13,15H,3-4,7-9,19H2,(H,20,21). The predicted molar refractivity (Wildman–Crippen MR) is 85.0 cm³/mol. The van der Waals surface area contributed by atoms with Crippen LogP contribution in [-0.2, 0) is 4.79 Å². The second-order valence-electron chi connectivity index (χ2n) is 5.97. The van der Waals surface area contributed by atoms with Crippen LogP contribution in [0, 0.1) is 29.6 Å². The van der Waals surface area contributed by atoms with E-state index in [1.807, 2.05) is 6.07 Å². The first-order valence-corrected chi connectivity index (χ1v) is 7.84. The SMILES string of the molecule is NCC#Cc1ccc(Cl)cc1NC(=O)C1CC2CCC1C2. The van der Waals surface area contributed by atoms with Crippen LogP contribution in [0.5, 0.6) is 0 Å². The Balaban J connectivity index is 1.77. The summed E-state index contributed by atoms with van der Waals surface area (Å²) in [7, 11) is 0. The van der Waals surface area contributed by atoms with E-state index in [1.165, 1.54) is 19.3 Å². The van der Waals surface area contributed by atoms with Crippen molar-refractivity contribution in [3.63, 3.8) is 0 Å². The predicted octanol–water partition coefficient (Wildman–Crippen LogP) is 3.02. The number of nitrogens with one attached hydrogen (secondary N) is 1. The number of hydrogen-bond donors (Lipinski definition) is 2. The van der Waals surface area contributed by atoms with Gasteiger partial charge in [0.25, 0.3) is 0 Å². The molecule has 0 spiro atoms. The maximum Gasteiger partial charge on any atom is 0.227 e. The Morgan fingerprint density at radius 3 is 2.90 bits per heavy atom. The third-order valence-corrected chi connectivity index (χ3v) is 4.87. The van der Waals surface area contributed by atoms with Gasteiger partial charge in [-0.05, 0) is 49.3 Å². The topological polar surface area (TPSA) is 55.1 Å². The Kier molecular flexibility index (Phi) is 4.19. The van der Waals surface area contributed by atoms with E-state index in [1.54, 1.807) is 12.1 Å². The molecule has 0 aromatic heterocycles. The lowest BCUT2D eigenvalue weighted by Gasteiger charge is -2.21. The summed E-state index contributed by atoms with van der Waals surface area (Å²) in [6.45, 7) is 0.294. The van der Waals surface area contributed by atoms with Crippen LogP contribution in [0.25, 0.3) is 0 Å². The quantitative estimate of drug-likeness (QED) is 0.825. The van der Waals surface area contributed by atoms with Crippen molar-refractivity contribution in [1.29, 1.82) is 0 Å². The number of rotatable bonds is 2. The van der Waals surface area contributed by atoms with Gasteiger partial charge in [-0.25, -0.2) is 0 Å². The molecular formula is C17H19ClN2O. The van der Waals surface area contributed by atoms with Crippen molar-refractivity contribution >= 4 is 23.2 Å². The zero-order chi connectivity index (χ0) is 14.8. The molecule has 0 radical (unpaired) electrons. The van der Waals surface area contributed by atoms with E-state index in [0.29, 0.717) is 23.2 Å². The first kappa shape index (κ1) is 14.4. The molecule has 3 unspecified atom stereocenters. The minimum atomic E-state index is 0.111. The van der Waals surface area contributed by atoms with Crippen molar-refractivity contribution < 1.29 is 4.79 Å². The van der Waals surface area contributed by atoms with Crippen molar-refractivity contribution in [3.8, 4) is 11.8 Å². The Bertz CT molecular complexity index is 617. The number of carbonyl (C=O) groups is 1. The van der Waals surface area contributed by atoms with Gasteiger partial charge >= 0.3 is 0 Å². The summed E-state index contributed by atoms with van der Waals surface area (Å²) in [5, 5.41) is 3.61. The molecule has 0 heterocycles. The molecule has 110 valence electrons. The molecule has 21 heavy (non-hydrogen) atoms. The van der Waals surface area contributed by atoms with Gasteiger partial charge in [0, 0.05) is 16.5 Å². The molecule has 3 nitrogen and oxygen atoms in total. The van der Waals surface area contributed by atoms with E-state index in [-0.39, 0.29) is 11.8 Å². The summed E-state index contributed by atoms with van der Waals surface area (Å²) < 4.78 is 0. The summed E-state index contributed by atoms with van der Waals surface area (Å²) in [4.78, 5) is 12.5. The summed E-state index contributed by atoms with van der Waals surface area (Å²) in [5.41, 5.74) is 6.87. The van der Waals surface area contributed by atoms with Crippen LogP contribution in [0.3, 0.4) is 0 Å². The van der Waals surface area contributed by atoms with Crippen LogP contribution in [0.1, 0.15) is 31.2 Å². The van der Waals surface area contributed by atoms with Gasteiger partial charge in [-0.15, -0.1) is 0 Å². The fourth-order valence-electron chi connectivity index (χ4n) is 3.67. The maximum atomic E-state index is 12.5. The zero-order valence-corrected chi connectivity index (χ0v) is 12.6. The number of benzene rings is 1. The Morgan fingerprint density at radius 2 is 2.24 bits per heavy atom. The van der Waals surface area contributed by atoms with Gasteiger partial charge in [-0.2, -0.15) is 0 Å². The lowest BCUT2D eigenvalue weighted by Crippen LogP contribution is -2.27. The second-order valence-corrected chi connectivity index (χ2v) is 6.40. The maximum absolute atomic E-state index is 12.5. The third-order valence-electron chi connectivity index (χ3n) is 4.64. The van der Waals surface area contributed by atoms with Gasteiger partial charge in [0.1, 0.15) is 0 Å². The number of halogens is 1. The molecule has 2 bridgehead atoms. The van der Waals surface area contributed by atoms with Crippen molar-refractivity contribution in [2.24, 2.45) is 23.5 Å². The van der Waals surface area contributed by atoms with E-state index in [2.05, 4.69) is 17.2 Å². The van der Waals surface area contributed by atoms with Gasteiger partial charge in [0.15, 0.2) is 0 Å². The van der Waals surface area contributed by atoms with E-state index >= 15 is 0 Å². The zero-order valence-electron chi connectivity index (χ0n) is 11.9. The Morgan fingerprint density at radius 1 is 1.38 bits per heavy atom. The second kappa shape index (κ2) is 6.09. The molecule has 2 fully saturated rings. The summed E-state index contributed by atoms with van der Waals surface area (Å²) in [5.74, 6) is 7.38. The summed E-state index contributed by atoms with van der Waals surface area (Å²) >= 11 is 6.03. The fourth-order valence-corrected chi connectivity index (χ4v) is 3.84. The molecule has 4 heteroatoms. The summed E-state index contributed by atoms with van der Waals surface area (Å²) in [6.07, 6.45) is 4.73. The molecule has 3 N–H and O–H groups in total. The minimum absolute atomic E-state index is 0.111. The Labute approximate surface area is 130 Å². The molecular weight excluding hydrogens is 284 g/mol. The molecule has 2 aliphatic carbocycles. The highest BCUT2D eigenvalue weighted by atomic mass is 35.5. The van der Waals surface area contributed by atoms with Crippen LogP contribution >= 0.6 is 11.6 Å². The van der Waals surface area contributed by atoms with Crippen LogP contribution in [-0.4, -0.2) is 12.5 Å². The summed E-state index contributed by atoms with van der Waals surface area (Å²) in [6, 6.07) is 5.35. The van der Waals surface area contributed by atoms with Crippen LogP contribution in [0.2, 0.25) is 5.02 Å². The molecule has 3 atom stereocenters. The Hall–Kier alpha value is -1.50. The molecule has 1 aromatic rings. The average Bonchev–Trinajstić information content (AvgIpc) is 3.09. The highest BCUT2D eigenvalue weighted by Crippen LogP contribution is 2.48. The minimum Gasteiger partial charge on any atom is -0.325 e.